The number of hydrogen-bond acceptors (Lipinski definition) is 7. The van der Waals surface area contributed by atoms with Crippen molar-refractivity contribution in [3.63, 3.8) is 0 Å². The van der Waals surface area contributed by atoms with Crippen molar-refractivity contribution in [1.29, 1.82) is 0 Å². The van der Waals surface area contributed by atoms with Crippen LogP contribution in [0.1, 0.15) is 103 Å². The van der Waals surface area contributed by atoms with E-state index in [2.05, 4.69) is 20.1 Å². The molecule has 9 nitrogen and oxygen atoms in total. The number of rotatable bonds is 14. The van der Waals surface area contributed by atoms with E-state index >= 15 is 0 Å². The molecule has 0 radical (unpaired) electrons. The average Bonchev–Trinajstić information content (AvgIpc) is 3.75. The van der Waals surface area contributed by atoms with E-state index in [-0.39, 0.29) is 6.16 Å². The van der Waals surface area contributed by atoms with Crippen LogP contribution in [0.2, 0.25) is 0 Å². The summed E-state index contributed by atoms with van der Waals surface area (Å²) >= 11 is 0. The maximum Gasteiger partial charge on any atom is 0.326 e. The molecule has 0 spiro atoms. The Bertz CT molecular complexity index is 996. The predicted molar refractivity (Wildman–Crippen MR) is 167 cm³/mol. The van der Waals surface area contributed by atoms with Gasteiger partial charge in [-0.15, -0.1) is 0 Å². The van der Waals surface area contributed by atoms with Gasteiger partial charge in [-0.3, -0.25) is 9.46 Å². The summed E-state index contributed by atoms with van der Waals surface area (Å²) in [6, 6.07) is 1.82. The topological polar surface area (TPSA) is 128 Å². The fourth-order valence-electron chi connectivity index (χ4n) is 7.68. The molecule has 1 aromatic rings. The summed E-state index contributed by atoms with van der Waals surface area (Å²) in [5, 5.41) is 3.48. The van der Waals surface area contributed by atoms with E-state index in [1.807, 2.05) is 6.07 Å². The SMILES string of the molecule is Nc1cc(N2CCN(CCP(=O)(O)O)CC2)nc(NCC2CCC(CCCC3(CCC4CCCCC4)CC3)CC2)n1. The van der Waals surface area contributed by atoms with Crippen LogP contribution in [0.5, 0.6) is 0 Å². The highest BCUT2D eigenvalue weighted by molar-refractivity contribution is 7.51. The molecular weight excluding hydrogens is 535 g/mol. The molecule has 3 aliphatic carbocycles. The van der Waals surface area contributed by atoms with E-state index < -0.39 is 7.60 Å². The molecule has 0 bridgehead atoms. The summed E-state index contributed by atoms with van der Waals surface area (Å²) < 4.78 is 11.2. The maximum absolute atomic E-state index is 11.2. The summed E-state index contributed by atoms with van der Waals surface area (Å²) in [6.45, 7) is 4.32. The van der Waals surface area contributed by atoms with Crippen molar-refractivity contribution in [3.05, 3.63) is 6.07 Å². The Labute approximate surface area is 247 Å². The number of nitrogen functional groups attached to an aromatic ring is 1. The van der Waals surface area contributed by atoms with Gasteiger partial charge in [0, 0.05) is 45.3 Å². The van der Waals surface area contributed by atoms with Gasteiger partial charge in [0.15, 0.2) is 0 Å². The first-order valence-electron chi connectivity index (χ1n) is 16.7. The van der Waals surface area contributed by atoms with Gasteiger partial charge >= 0.3 is 7.60 Å². The molecule has 3 saturated carbocycles. The largest absolute Gasteiger partial charge is 0.383 e. The molecule has 5 N–H and O–H groups in total. The molecule has 0 atom stereocenters. The molecule has 41 heavy (non-hydrogen) atoms. The molecule has 0 aromatic carbocycles. The van der Waals surface area contributed by atoms with Crippen LogP contribution in [0.4, 0.5) is 17.6 Å². The molecule has 1 aliphatic heterocycles. The van der Waals surface area contributed by atoms with Crippen LogP contribution >= 0.6 is 7.60 Å². The predicted octanol–water partition coefficient (Wildman–Crippen LogP) is 5.89. The molecule has 4 fully saturated rings. The molecule has 10 heteroatoms. The molecule has 1 aromatic heterocycles. The Balaban J connectivity index is 0.974. The van der Waals surface area contributed by atoms with E-state index in [1.165, 1.54) is 103 Å². The van der Waals surface area contributed by atoms with Gasteiger partial charge in [0.1, 0.15) is 11.6 Å². The van der Waals surface area contributed by atoms with Crippen LogP contribution in [0.25, 0.3) is 0 Å². The summed E-state index contributed by atoms with van der Waals surface area (Å²) in [7, 11) is -3.96. The van der Waals surface area contributed by atoms with Gasteiger partial charge in [0.25, 0.3) is 0 Å². The molecule has 2 heterocycles. The van der Waals surface area contributed by atoms with Crippen LogP contribution in [-0.2, 0) is 4.57 Å². The van der Waals surface area contributed by atoms with E-state index in [0.29, 0.717) is 24.2 Å². The standard InChI is InChI=1S/C31H55N6O3P/c32-28-23-29(37-19-17-36(18-20-37)21-22-41(38,39)40)35-30(34-28)33-24-27-10-8-26(9-11-27)7-4-13-31(15-16-31)14-12-25-5-2-1-3-6-25/h23,25-27H,1-22,24H2,(H2,38,39,40)(H3,32,33,34,35). The van der Waals surface area contributed by atoms with Crippen molar-refractivity contribution in [3.8, 4) is 0 Å². The first-order chi connectivity index (χ1) is 19.8. The fraction of sp³-hybridized carbons (Fsp3) is 0.871. The summed E-state index contributed by atoms with van der Waals surface area (Å²) in [5.41, 5.74) is 6.88. The Morgan fingerprint density at radius 1 is 0.902 bits per heavy atom. The van der Waals surface area contributed by atoms with Crippen LogP contribution < -0.4 is 16.0 Å². The van der Waals surface area contributed by atoms with Gasteiger partial charge < -0.3 is 25.7 Å². The first kappa shape index (κ1) is 31.0. The second-order valence-electron chi connectivity index (χ2n) is 13.9. The number of piperazine rings is 1. The molecule has 0 amide bonds. The van der Waals surface area contributed by atoms with Crippen molar-refractivity contribution in [2.24, 2.45) is 23.2 Å². The minimum atomic E-state index is -3.96. The third kappa shape index (κ3) is 10.1. The van der Waals surface area contributed by atoms with Crippen molar-refractivity contribution in [1.82, 2.24) is 14.9 Å². The molecule has 5 rings (SSSR count). The van der Waals surface area contributed by atoms with Crippen molar-refractivity contribution in [2.75, 3.05) is 61.4 Å². The first-order valence-corrected chi connectivity index (χ1v) is 18.5. The number of aromatic nitrogens is 2. The zero-order valence-electron chi connectivity index (χ0n) is 25.2. The second-order valence-corrected chi connectivity index (χ2v) is 15.7. The molecule has 1 saturated heterocycles. The monoisotopic (exact) mass is 590 g/mol. The smallest absolute Gasteiger partial charge is 0.326 e. The van der Waals surface area contributed by atoms with E-state index in [0.717, 1.165) is 55.8 Å². The van der Waals surface area contributed by atoms with Crippen molar-refractivity contribution >= 4 is 25.2 Å². The minimum absolute atomic E-state index is 0.0928. The van der Waals surface area contributed by atoms with Crippen LogP contribution in [0.15, 0.2) is 6.07 Å². The van der Waals surface area contributed by atoms with Gasteiger partial charge in [-0.25, -0.2) is 0 Å². The average molecular weight is 591 g/mol. The lowest BCUT2D eigenvalue weighted by molar-refractivity contribution is 0.251. The van der Waals surface area contributed by atoms with Gasteiger partial charge in [-0.2, -0.15) is 9.97 Å². The second kappa shape index (κ2) is 14.4. The van der Waals surface area contributed by atoms with Crippen molar-refractivity contribution in [2.45, 2.75) is 103 Å². The lowest BCUT2D eigenvalue weighted by Crippen LogP contribution is -2.47. The molecule has 0 unspecified atom stereocenters. The number of anilines is 3. The molecular formula is C31H55N6O3P. The minimum Gasteiger partial charge on any atom is -0.383 e. The molecule has 232 valence electrons. The van der Waals surface area contributed by atoms with E-state index in [9.17, 15) is 4.57 Å². The lowest BCUT2D eigenvalue weighted by atomic mass is 9.78. The Hall–Kier alpha value is -1.41. The van der Waals surface area contributed by atoms with E-state index in [1.54, 1.807) is 0 Å². The third-order valence-electron chi connectivity index (χ3n) is 10.7. The van der Waals surface area contributed by atoms with Crippen LogP contribution in [0, 0.1) is 23.2 Å². The van der Waals surface area contributed by atoms with Gasteiger partial charge in [0.05, 0.1) is 6.16 Å². The highest BCUT2D eigenvalue weighted by Gasteiger charge is 2.41. The normalized spacial score (nSPS) is 25.8. The number of hydrogen-bond donors (Lipinski definition) is 4. The summed E-state index contributed by atoms with van der Waals surface area (Å²) in [5.74, 6) is 4.52. The zero-order chi connectivity index (χ0) is 28.7. The van der Waals surface area contributed by atoms with Gasteiger partial charge in [0.2, 0.25) is 5.95 Å². The van der Waals surface area contributed by atoms with Gasteiger partial charge in [-0.1, -0.05) is 57.8 Å². The van der Waals surface area contributed by atoms with E-state index in [4.69, 9.17) is 20.5 Å². The molecule has 4 aliphatic rings. The Morgan fingerprint density at radius 2 is 1.59 bits per heavy atom. The Kier molecular flexibility index (Phi) is 10.9. The number of nitrogens with two attached hydrogens (primary N) is 1. The fourth-order valence-corrected chi connectivity index (χ4v) is 8.22. The number of nitrogens with one attached hydrogen (secondary N) is 1. The highest BCUT2D eigenvalue weighted by Crippen LogP contribution is 2.55. The lowest BCUT2D eigenvalue weighted by Gasteiger charge is -2.35. The van der Waals surface area contributed by atoms with Crippen molar-refractivity contribution < 1.29 is 14.4 Å². The quantitative estimate of drug-likeness (QED) is 0.196. The van der Waals surface area contributed by atoms with Crippen LogP contribution in [-0.4, -0.2) is 70.1 Å². The van der Waals surface area contributed by atoms with Crippen LogP contribution in [0.3, 0.4) is 0 Å². The Morgan fingerprint density at radius 3 is 2.27 bits per heavy atom. The third-order valence-corrected chi connectivity index (χ3v) is 11.5. The summed E-state index contributed by atoms with van der Waals surface area (Å²) in [6.07, 6.45) is 23.0. The summed E-state index contributed by atoms with van der Waals surface area (Å²) in [4.78, 5) is 31.8. The maximum atomic E-state index is 11.2. The highest BCUT2D eigenvalue weighted by atomic mass is 31.2. The zero-order valence-corrected chi connectivity index (χ0v) is 26.1. The number of nitrogens with zero attached hydrogens (tertiary/aromatic N) is 4. The van der Waals surface area contributed by atoms with Gasteiger partial charge in [-0.05, 0) is 68.1 Å².